The van der Waals surface area contributed by atoms with Gasteiger partial charge in [0.2, 0.25) is 0 Å². The summed E-state index contributed by atoms with van der Waals surface area (Å²) in [6, 6.07) is 10.2. The molecule has 3 rings (SSSR count). The number of carbonyl (C=O) groups excluding carboxylic acids is 1. The zero-order valence-corrected chi connectivity index (χ0v) is 15.4. The maximum absolute atomic E-state index is 13.1. The summed E-state index contributed by atoms with van der Waals surface area (Å²) in [6.07, 6.45) is -4.12. The zero-order chi connectivity index (χ0) is 18.9. The number of alkyl halides is 3. The van der Waals surface area contributed by atoms with E-state index in [1.165, 1.54) is 30.0 Å². The molecule has 0 radical (unpaired) electrons. The van der Waals surface area contributed by atoms with E-state index in [4.69, 9.17) is 10.5 Å². The third-order valence-corrected chi connectivity index (χ3v) is 4.40. The number of hydrogen-bond donors (Lipinski definition) is 1. The monoisotopic (exact) mass is 400 g/mol. The Hall–Kier alpha value is -2.41. The highest BCUT2D eigenvalue weighted by Gasteiger charge is 2.35. The third kappa shape index (κ3) is 4.30. The van der Waals surface area contributed by atoms with Crippen molar-refractivity contribution >= 4 is 29.7 Å². The molecule has 2 aromatic carbocycles. The Kier molecular flexibility index (Phi) is 6.26. The van der Waals surface area contributed by atoms with Crippen molar-refractivity contribution in [3.63, 3.8) is 0 Å². The number of hydrogen-bond acceptors (Lipinski definition) is 3. The SMILES string of the molecule is CC(Oc1ccccc1C(F)(F)F)C(=O)N1CCCc2c(N)cccc21.Cl. The second-order valence-electron chi connectivity index (χ2n) is 6.19. The van der Waals surface area contributed by atoms with Crippen molar-refractivity contribution in [2.45, 2.75) is 32.0 Å². The zero-order valence-electron chi connectivity index (χ0n) is 14.6. The number of nitrogens with two attached hydrogens (primary N) is 1. The molecule has 0 saturated carbocycles. The Morgan fingerprint density at radius 1 is 1.19 bits per heavy atom. The minimum absolute atomic E-state index is 0. The lowest BCUT2D eigenvalue weighted by Crippen LogP contribution is -2.43. The molecular formula is C19H20ClF3N2O2. The van der Waals surface area contributed by atoms with Crippen LogP contribution < -0.4 is 15.4 Å². The molecule has 1 aliphatic rings. The van der Waals surface area contributed by atoms with Gasteiger partial charge in [0.1, 0.15) is 5.75 Å². The largest absolute Gasteiger partial charge is 0.480 e. The van der Waals surface area contributed by atoms with Crippen LogP contribution in [0.3, 0.4) is 0 Å². The van der Waals surface area contributed by atoms with E-state index >= 15 is 0 Å². The minimum Gasteiger partial charge on any atom is -0.480 e. The Balaban J connectivity index is 0.00000261. The van der Waals surface area contributed by atoms with Crippen molar-refractivity contribution < 1.29 is 22.7 Å². The Morgan fingerprint density at radius 2 is 1.89 bits per heavy atom. The van der Waals surface area contributed by atoms with Gasteiger partial charge in [0.15, 0.2) is 6.10 Å². The summed E-state index contributed by atoms with van der Waals surface area (Å²) in [5, 5.41) is 0. The highest BCUT2D eigenvalue weighted by atomic mass is 35.5. The molecule has 1 amide bonds. The molecule has 8 heteroatoms. The first-order chi connectivity index (χ1) is 12.3. The second kappa shape index (κ2) is 8.08. The predicted octanol–water partition coefficient (Wildman–Crippen LogP) is 4.46. The lowest BCUT2D eigenvalue weighted by Gasteiger charge is -2.32. The van der Waals surface area contributed by atoms with Crippen LogP contribution in [0.4, 0.5) is 24.5 Å². The van der Waals surface area contributed by atoms with Crippen molar-refractivity contribution in [2.75, 3.05) is 17.2 Å². The van der Waals surface area contributed by atoms with Gasteiger partial charge in [-0.25, -0.2) is 0 Å². The summed E-state index contributed by atoms with van der Waals surface area (Å²) in [4.78, 5) is 14.4. The molecule has 2 aromatic rings. The Labute approximate surface area is 161 Å². The normalized spacial score (nSPS) is 14.7. The second-order valence-corrected chi connectivity index (χ2v) is 6.19. The minimum atomic E-state index is -4.55. The van der Waals surface area contributed by atoms with E-state index in [1.807, 2.05) is 0 Å². The number of nitrogens with zero attached hydrogens (tertiary/aromatic N) is 1. The van der Waals surface area contributed by atoms with Gasteiger partial charge < -0.3 is 15.4 Å². The summed E-state index contributed by atoms with van der Waals surface area (Å²) in [5.41, 5.74) is 7.26. The van der Waals surface area contributed by atoms with Gasteiger partial charge in [0, 0.05) is 17.9 Å². The summed E-state index contributed by atoms with van der Waals surface area (Å²) >= 11 is 0. The van der Waals surface area contributed by atoms with Crippen LogP contribution in [-0.2, 0) is 17.4 Å². The number of rotatable bonds is 3. The molecule has 146 valence electrons. The average Bonchev–Trinajstić information content (AvgIpc) is 2.60. The van der Waals surface area contributed by atoms with Gasteiger partial charge in [-0.05, 0) is 49.6 Å². The first kappa shape index (κ1) is 20.9. The molecule has 0 fully saturated rings. The molecule has 4 nitrogen and oxygen atoms in total. The fourth-order valence-electron chi connectivity index (χ4n) is 3.14. The van der Waals surface area contributed by atoms with Gasteiger partial charge in [-0.15, -0.1) is 12.4 Å². The lowest BCUT2D eigenvalue weighted by molar-refractivity contribution is -0.140. The van der Waals surface area contributed by atoms with E-state index < -0.39 is 23.8 Å². The number of nitrogen functional groups attached to an aromatic ring is 1. The van der Waals surface area contributed by atoms with Crippen LogP contribution in [0.5, 0.6) is 5.75 Å². The van der Waals surface area contributed by atoms with Crippen molar-refractivity contribution in [3.05, 3.63) is 53.6 Å². The summed E-state index contributed by atoms with van der Waals surface area (Å²) in [7, 11) is 0. The Morgan fingerprint density at radius 3 is 2.59 bits per heavy atom. The summed E-state index contributed by atoms with van der Waals surface area (Å²) in [5.74, 6) is -0.751. The smallest absolute Gasteiger partial charge is 0.419 e. The first-order valence-electron chi connectivity index (χ1n) is 8.30. The number of anilines is 2. The van der Waals surface area contributed by atoms with Gasteiger partial charge in [0.25, 0.3) is 5.91 Å². The average molecular weight is 401 g/mol. The number of fused-ring (bicyclic) bond motifs is 1. The van der Waals surface area contributed by atoms with Crippen molar-refractivity contribution in [1.29, 1.82) is 0 Å². The lowest BCUT2D eigenvalue weighted by atomic mass is 9.99. The third-order valence-electron chi connectivity index (χ3n) is 4.40. The van der Waals surface area contributed by atoms with Crippen LogP contribution in [0.2, 0.25) is 0 Å². The molecular weight excluding hydrogens is 381 g/mol. The number of carbonyl (C=O) groups is 1. The molecule has 0 spiro atoms. The highest BCUT2D eigenvalue weighted by Crippen LogP contribution is 2.37. The van der Waals surface area contributed by atoms with Crippen molar-refractivity contribution in [3.8, 4) is 5.75 Å². The molecule has 0 saturated heterocycles. The van der Waals surface area contributed by atoms with Gasteiger partial charge in [0.05, 0.1) is 5.56 Å². The van der Waals surface area contributed by atoms with Crippen LogP contribution in [0.25, 0.3) is 0 Å². The van der Waals surface area contributed by atoms with E-state index in [0.717, 1.165) is 24.5 Å². The fourth-order valence-corrected chi connectivity index (χ4v) is 3.14. The number of halogens is 4. The van der Waals surface area contributed by atoms with Gasteiger partial charge in [-0.2, -0.15) is 13.2 Å². The maximum Gasteiger partial charge on any atom is 0.419 e. The topological polar surface area (TPSA) is 55.6 Å². The van der Waals surface area contributed by atoms with E-state index in [0.29, 0.717) is 17.9 Å². The predicted molar refractivity (Wildman–Crippen MR) is 100 cm³/mol. The van der Waals surface area contributed by atoms with Crippen LogP contribution >= 0.6 is 12.4 Å². The van der Waals surface area contributed by atoms with Gasteiger partial charge in [-0.3, -0.25) is 4.79 Å². The van der Waals surface area contributed by atoms with Gasteiger partial charge in [-0.1, -0.05) is 18.2 Å². The maximum atomic E-state index is 13.1. The van der Waals surface area contributed by atoms with Crippen LogP contribution in [0.1, 0.15) is 24.5 Å². The Bertz CT molecular complexity index is 827. The van der Waals surface area contributed by atoms with E-state index in [9.17, 15) is 18.0 Å². The van der Waals surface area contributed by atoms with E-state index in [1.54, 1.807) is 18.2 Å². The van der Waals surface area contributed by atoms with Gasteiger partial charge >= 0.3 is 6.18 Å². The molecule has 27 heavy (non-hydrogen) atoms. The molecule has 0 aliphatic carbocycles. The number of benzene rings is 2. The number of para-hydroxylation sites is 1. The molecule has 1 aliphatic heterocycles. The number of amides is 1. The fraction of sp³-hybridized carbons (Fsp3) is 0.316. The molecule has 0 aromatic heterocycles. The summed E-state index contributed by atoms with van der Waals surface area (Å²) < 4.78 is 44.7. The molecule has 1 unspecified atom stereocenters. The highest BCUT2D eigenvalue weighted by molar-refractivity contribution is 5.98. The van der Waals surface area contributed by atoms with Crippen LogP contribution in [0, 0.1) is 0 Å². The first-order valence-corrected chi connectivity index (χ1v) is 8.30. The van der Waals surface area contributed by atoms with Crippen molar-refractivity contribution in [1.82, 2.24) is 0 Å². The van der Waals surface area contributed by atoms with Crippen LogP contribution in [0.15, 0.2) is 42.5 Å². The van der Waals surface area contributed by atoms with Crippen molar-refractivity contribution in [2.24, 2.45) is 0 Å². The molecule has 1 heterocycles. The van der Waals surface area contributed by atoms with E-state index in [-0.39, 0.29) is 18.2 Å². The quantitative estimate of drug-likeness (QED) is 0.774. The molecule has 0 bridgehead atoms. The number of ether oxygens (including phenoxy) is 1. The van der Waals surface area contributed by atoms with Crippen LogP contribution in [-0.4, -0.2) is 18.6 Å². The standard InChI is InChI=1S/C19H19F3N2O2.ClH/c1-12(26-17-10-3-2-7-14(17)19(20,21)22)18(25)24-11-5-6-13-15(23)8-4-9-16(13)24;/h2-4,7-10,12H,5-6,11,23H2,1H3;1H. The molecule has 2 N–H and O–H groups in total. The summed E-state index contributed by atoms with van der Waals surface area (Å²) in [6.45, 7) is 1.93. The molecule has 1 atom stereocenters. The van der Waals surface area contributed by atoms with E-state index in [2.05, 4.69) is 0 Å².